The standard InChI is InChI=1S/C16H16F3N3O2/c1-10-9-14(16(17,18)19)21-22(10)8-7-15(24)20-13-5-3-12(4-6-13)11(2)23/h3-6,9H,7-8H2,1-2H3,(H,20,24). The van der Waals surface area contributed by atoms with Gasteiger partial charge in [0.1, 0.15) is 0 Å². The summed E-state index contributed by atoms with van der Waals surface area (Å²) in [5.41, 5.74) is 0.402. The van der Waals surface area contributed by atoms with Gasteiger partial charge in [0.2, 0.25) is 5.91 Å². The van der Waals surface area contributed by atoms with Gasteiger partial charge in [0.15, 0.2) is 11.5 Å². The number of Topliss-reactive ketones (excluding diaryl/α,β-unsaturated/α-hetero) is 1. The summed E-state index contributed by atoms with van der Waals surface area (Å²) in [6.07, 6.45) is -4.52. The van der Waals surface area contributed by atoms with Gasteiger partial charge in [0, 0.05) is 29.9 Å². The van der Waals surface area contributed by atoms with Crippen molar-refractivity contribution in [3.05, 3.63) is 47.3 Å². The zero-order valence-corrected chi connectivity index (χ0v) is 13.1. The summed E-state index contributed by atoms with van der Waals surface area (Å²) in [4.78, 5) is 23.0. The van der Waals surface area contributed by atoms with Crippen molar-refractivity contribution in [2.24, 2.45) is 0 Å². The molecule has 1 N–H and O–H groups in total. The number of nitrogens with zero attached hydrogens (tertiary/aromatic N) is 2. The Balaban J connectivity index is 1.94. The molecule has 0 radical (unpaired) electrons. The number of anilines is 1. The fourth-order valence-corrected chi connectivity index (χ4v) is 2.09. The van der Waals surface area contributed by atoms with E-state index in [2.05, 4.69) is 10.4 Å². The highest BCUT2D eigenvalue weighted by Crippen LogP contribution is 2.28. The van der Waals surface area contributed by atoms with Crippen molar-refractivity contribution in [1.82, 2.24) is 9.78 Å². The quantitative estimate of drug-likeness (QED) is 0.849. The Morgan fingerprint density at radius 1 is 1.21 bits per heavy atom. The molecule has 5 nitrogen and oxygen atoms in total. The fourth-order valence-electron chi connectivity index (χ4n) is 2.09. The number of alkyl halides is 3. The van der Waals surface area contributed by atoms with Crippen LogP contribution in [0.3, 0.4) is 0 Å². The summed E-state index contributed by atoms with van der Waals surface area (Å²) in [5.74, 6) is -0.434. The van der Waals surface area contributed by atoms with Gasteiger partial charge in [-0.1, -0.05) is 0 Å². The van der Waals surface area contributed by atoms with E-state index in [1.54, 1.807) is 24.3 Å². The molecule has 1 amide bonds. The summed E-state index contributed by atoms with van der Waals surface area (Å²) in [5, 5.41) is 6.09. The Labute approximate surface area is 136 Å². The topological polar surface area (TPSA) is 64.0 Å². The predicted molar refractivity (Wildman–Crippen MR) is 81.7 cm³/mol. The van der Waals surface area contributed by atoms with Gasteiger partial charge < -0.3 is 5.32 Å². The monoisotopic (exact) mass is 339 g/mol. The fraction of sp³-hybridized carbons (Fsp3) is 0.312. The summed E-state index contributed by atoms with van der Waals surface area (Å²) in [6.45, 7) is 2.98. The van der Waals surface area contributed by atoms with Gasteiger partial charge >= 0.3 is 6.18 Å². The number of nitrogens with one attached hydrogen (secondary N) is 1. The van der Waals surface area contributed by atoms with Crippen LogP contribution >= 0.6 is 0 Å². The first kappa shape index (κ1) is 17.7. The number of carbonyl (C=O) groups is 2. The first-order valence-corrected chi connectivity index (χ1v) is 7.19. The number of aryl methyl sites for hydroxylation is 2. The van der Waals surface area contributed by atoms with Gasteiger partial charge in [-0.15, -0.1) is 0 Å². The van der Waals surface area contributed by atoms with Crippen LogP contribution in [0, 0.1) is 6.92 Å². The molecule has 0 bridgehead atoms. The van der Waals surface area contributed by atoms with Crippen molar-refractivity contribution in [3.63, 3.8) is 0 Å². The van der Waals surface area contributed by atoms with E-state index in [-0.39, 0.29) is 24.7 Å². The molecule has 0 unspecified atom stereocenters. The van der Waals surface area contributed by atoms with Gasteiger partial charge in [-0.25, -0.2) is 0 Å². The maximum absolute atomic E-state index is 12.6. The Bertz CT molecular complexity index is 749. The van der Waals surface area contributed by atoms with E-state index in [4.69, 9.17) is 0 Å². The molecule has 0 saturated heterocycles. The Morgan fingerprint density at radius 2 is 1.83 bits per heavy atom. The first-order chi connectivity index (χ1) is 11.2. The second-order valence-electron chi connectivity index (χ2n) is 5.32. The van der Waals surface area contributed by atoms with Crippen molar-refractivity contribution >= 4 is 17.4 Å². The normalized spacial score (nSPS) is 11.4. The summed E-state index contributed by atoms with van der Waals surface area (Å²) < 4.78 is 38.9. The maximum Gasteiger partial charge on any atom is 0.435 e. The number of amides is 1. The minimum absolute atomic E-state index is 0.0196. The average molecular weight is 339 g/mol. The molecule has 0 fully saturated rings. The molecule has 1 aromatic carbocycles. The predicted octanol–water partition coefficient (Wildman–Crippen LogP) is 3.44. The molecule has 128 valence electrons. The molecule has 2 aromatic rings. The van der Waals surface area contributed by atoms with Crippen molar-refractivity contribution in [1.29, 1.82) is 0 Å². The lowest BCUT2D eigenvalue weighted by Gasteiger charge is -2.07. The molecule has 24 heavy (non-hydrogen) atoms. The Hall–Kier alpha value is -2.64. The molecule has 2 rings (SSSR count). The van der Waals surface area contributed by atoms with Gasteiger partial charge in [0.05, 0.1) is 0 Å². The van der Waals surface area contributed by atoms with Crippen molar-refractivity contribution in [2.75, 3.05) is 5.32 Å². The van der Waals surface area contributed by atoms with E-state index in [9.17, 15) is 22.8 Å². The number of rotatable bonds is 5. The lowest BCUT2D eigenvalue weighted by molar-refractivity contribution is -0.141. The zero-order chi connectivity index (χ0) is 17.9. The summed E-state index contributed by atoms with van der Waals surface area (Å²) >= 11 is 0. The largest absolute Gasteiger partial charge is 0.435 e. The average Bonchev–Trinajstić information content (AvgIpc) is 2.87. The molecular weight excluding hydrogens is 323 g/mol. The number of halogens is 3. The Kier molecular flexibility index (Phi) is 5.06. The van der Waals surface area contributed by atoms with Crippen LogP contribution in [0.2, 0.25) is 0 Å². The SMILES string of the molecule is CC(=O)c1ccc(NC(=O)CCn2nc(C(F)(F)F)cc2C)cc1. The molecule has 0 spiro atoms. The van der Waals surface area contributed by atoms with Crippen LogP contribution in [0.1, 0.15) is 35.1 Å². The van der Waals surface area contributed by atoms with Crippen molar-refractivity contribution in [3.8, 4) is 0 Å². The van der Waals surface area contributed by atoms with Crippen LogP contribution in [-0.4, -0.2) is 21.5 Å². The van der Waals surface area contributed by atoms with Gasteiger partial charge in [0.25, 0.3) is 0 Å². The number of benzene rings is 1. The van der Waals surface area contributed by atoms with Crippen LogP contribution in [0.25, 0.3) is 0 Å². The minimum atomic E-state index is -4.50. The highest BCUT2D eigenvalue weighted by molar-refractivity contribution is 5.95. The van der Waals surface area contributed by atoms with E-state index in [0.717, 1.165) is 10.7 Å². The van der Waals surface area contributed by atoms with Crippen molar-refractivity contribution < 1.29 is 22.8 Å². The van der Waals surface area contributed by atoms with Crippen LogP contribution in [0.5, 0.6) is 0 Å². The highest BCUT2D eigenvalue weighted by atomic mass is 19.4. The van der Waals surface area contributed by atoms with Crippen LogP contribution in [0.4, 0.5) is 18.9 Å². The first-order valence-electron chi connectivity index (χ1n) is 7.19. The number of hydrogen-bond acceptors (Lipinski definition) is 3. The molecule has 8 heteroatoms. The lowest BCUT2D eigenvalue weighted by Crippen LogP contribution is -2.16. The maximum atomic E-state index is 12.6. The van der Waals surface area contributed by atoms with Gasteiger partial charge in [-0.05, 0) is 44.2 Å². The molecular formula is C16H16F3N3O2. The number of hydrogen-bond donors (Lipinski definition) is 1. The molecule has 0 aliphatic rings. The van der Waals surface area contributed by atoms with Crippen LogP contribution < -0.4 is 5.32 Å². The van der Waals surface area contributed by atoms with E-state index in [0.29, 0.717) is 16.9 Å². The zero-order valence-electron chi connectivity index (χ0n) is 13.1. The third-order valence-electron chi connectivity index (χ3n) is 3.40. The molecule has 0 saturated carbocycles. The third-order valence-corrected chi connectivity index (χ3v) is 3.40. The van der Waals surface area contributed by atoms with E-state index in [1.165, 1.54) is 13.8 Å². The number of aromatic nitrogens is 2. The number of ketones is 1. The molecule has 1 heterocycles. The van der Waals surface area contributed by atoms with Crippen LogP contribution in [0.15, 0.2) is 30.3 Å². The number of carbonyl (C=O) groups excluding carboxylic acids is 2. The van der Waals surface area contributed by atoms with Crippen molar-refractivity contribution in [2.45, 2.75) is 33.0 Å². The van der Waals surface area contributed by atoms with Crippen LogP contribution in [-0.2, 0) is 17.5 Å². The third kappa shape index (κ3) is 4.43. The summed E-state index contributed by atoms with van der Waals surface area (Å²) in [7, 11) is 0. The minimum Gasteiger partial charge on any atom is -0.326 e. The van der Waals surface area contributed by atoms with E-state index >= 15 is 0 Å². The van der Waals surface area contributed by atoms with Gasteiger partial charge in [-0.3, -0.25) is 14.3 Å². The second-order valence-corrected chi connectivity index (χ2v) is 5.32. The van der Waals surface area contributed by atoms with E-state index in [1.807, 2.05) is 0 Å². The van der Waals surface area contributed by atoms with Gasteiger partial charge in [-0.2, -0.15) is 18.3 Å². The molecule has 0 aliphatic heterocycles. The lowest BCUT2D eigenvalue weighted by atomic mass is 10.1. The Morgan fingerprint density at radius 3 is 2.33 bits per heavy atom. The molecule has 1 aromatic heterocycles. The second kappa shape index (κ2) is 6.86. The molecule has 0 atom stereocenters. The highest BCUT2D eigenvalue weighted by Gasteiger charge is 2.34. The smallest absolute Gasteiger partial charge is 0.326 e. The van der Waals surface area contributed by atoms with E-state index < -0.39 is 11.9 Å². The summed E-state index contributed by atoms with van der Waals surface area (Å²) in [6, 6.07) is 7.31. The molecule has 0 aliphatic carbocycles.